The molecule has 1 aliphatic carbocycles. The van der Waals surface area contributed by atoms with Gasteiger partial charge in [-0.2, -0.15) is 0 Å². The molecule has 7 nitrogen and oxygen atoms in total. The molecule has 1 heterocycles. The summed E-state index contributed by atoms with van der Waals surface area (Å²) in [6.45, 7) is 0. The highest BCUT2D eigenvalue weighted by Gasteiger charge is 2.28. The van der Waals surface area contributed by atoms with Gasteiger partial charge in [-0.05, 0) is 12.8 Å². The predicted octanol–water partition coefficient (Wildman–Crippen LogP) is 0.895. The van der Waals surface area contributed by atoms with Crippen molar-refractivity contribution in [3.8, 4) is 0 Å². The Hall–Kier alpha value is -1.92. The van der Waals surface area contributed by atoms with Crippen molar-refractivity contribution >= 4 is 11.9 Å². The molecule has 1 aliphatic rings. The Kier molecular flexibility index (Phi) is 4.13. The van der Waals surface area contributed by atoms with Gasteiger partial charge in [-0.1, -0.05) is 18.1 Å². The Bertz CT molecular complexity index is 477. The molecule has 19 heavy (non-hydrogen) atoms. The van der Waals surface area contributed by atoms with Crippen LogP contribution in [0.5, 0.6) is 0 Å². The first kappa shape index (κ1) is 13.5. The van der Waals surface area contributed by atoms with E-state index in [4.69, 9.17) is 0 Å². The van der Waals surface area contributed by atoms with Gasteiger partial charge in [0.2, 0.25) is 0 Å². The van der Waals surface area contributed by atoms with Crippen molar-refractivity contribution < 1.29 is 19.1 Å². The smallest absolute Gasteiger partial charge is 0.360 e. The van der Waals surface area contributed by atoms with Crippen molar-refractivity contribution in [3.05, 3.63) is 11.4 Å². The highest BCUT2D eigenvalue weighted by Crippen LogP contribution is 2.30. The van der Waals surface area contributed by atoms with Gasteiger partial charge in [-0.3, -0.25) is 4.79 Å². The maximum Gasteiger partial charge on any atom is 0.360 e. The molecular formula is C12H17N3O4. The Balaban J connectivity index is 2.34. The molecule has 1 aromatic heterocycles. The van der Waals surface area contributed by atoms with Crippen LogP contribution in [0.25, 0.3) is 0 Å². The second kappa shape index (κ2) is 5.81. The summed E-state index contributed by atoms with van der Waals surface area (Å²) in [4.78, 5) is 23.1. The maximum absolute atomic E-state index is 11.6. The average Bonchev–Trinajstić information content (AvgIpc) is 3.06. The number of rotatable bonds is 4. The zero-order chi connectivity index (χ0) is 13.8. The van der Waals surface area contributed by atoms with Crippen LogP contribution < -0.4 is 0 Å². The lowest BCUT2D eigenvalue weighted by Gasteiger charge is -2.12. The van der Waals surface area contributed by atoms with E-state index in [9.17, 15) is 9.59 Å². The molecule has 0 amide bonds. The van der Waals surface area contributed by atoms with Crippen LogP contribution in [0.4, 0.5) is 0 Å². The Morgan fingerprint density at radius 2 is 1.95 bits per heavy atom. The lowest BCUT2D eigenvalue weighted by molar-refractivity contribution is -0.139. The van der Waals surface area contributed by atoms with Crippen LogP contribution in [0.15, 0.2) is 0 Å². The number of methoxy groups -OCH3 is 2. The largest absolute Gasteiger partial charge is 0.469 e. The summed E-state index contributed by atoms with van der Waals surface area (Å²) in [5, 5.41) is 7.86. The van der Waals surface area contributed by atoms with Crippen LogP contribution in [0.2, 0.25) is 0 Å². The van der Waals surface area contributed by atoms with Gasteiger partial charge in [0, 0.05) is 0 Å². The van der Waals surface area contributed by atoms with Crippen LogP contribution in [-0.2, 0) is 20.7 Å². The zero-order valence-corrected chi connectivity index (χ0v) is 11.1. The van der Waals surface area contributed by atoms with E-state index in [1.165, 1.54) is 14.2 Å². The van der Waals surface area contributed by atoms with Crippen LogP contribution in [0.1, 0.15) is 47.9 Å². The second-order valence-corrected chi connectivity index (χ2v) is 4.51. The molecule has 104 valence electrons. The van der Waals surface area contributed by atoms with Gasteiger partial charge in [0.1, 0.15) is 0 Å². The summed E-state index contributed by atoms with van der Waals surface area (Å²) in [6.07, 6.45) is 4.19. The van der Waals surface area contributed by atoms with E-state index in [0.29, 0.717) is 5.69 Å². The average molecular weight is 267 g/mol. The standard InChI is InChI=1S/C12H17N3O4/c1-18-10(16)7-9-11(12(17)19-2)13-14-15(9)8-5-3-4-6-8/h8H,3-7H2,1-2H3. The molecule has 0 aliphatic heterocycles. The van der Waals surface area contributed by atoms with Crippen LogP contribution >= 0.6 is 0 Å². The third kappa shape index (κ3) is 2.74. The molecule has 0 unspecified atom stereocenters. The summed E-state index contributed by atoms with van der Waals surface area (Å²) in [6, 6.07) is 0.200. The third-order valence-electron chi connectivity index (χ3n) is 3.38. The van der Waals surface area contributed by atoms with E-state index in [-0.39, 0.29) is 18.2 Å². The Morgan fingerprint density at radius 1 is 1.26 bits per heavy atom. The number of carbonyl (C=O) groups is 2. The molecular weight excluding hydrogens is 250 g/mol. The SMILES string of the molecule is COC(=O)Cc1c(C(=O)OC)nnn1C1CCCC1. The first-order valence-electron chi connectivity index (χ1n) is 6.26. The number of nitrogens with zero attached hydrogens (tertiary/aromatic N) is 3. The van der Waals surface area contributed by atoms with Crippen molar-refractivity contribution in [1.29, 1.82) is 0 Å². The van der Waals surface area contributed by atoms with Crippen molar-refractivity contribution in [1.82, 2.24) is 15.0 Å². The lowest BCUT2D eigenvalue weighted by atomic mass is 10.2. The fourth-order valence-electron chi connectivity index (χ4n) is 2.38. The number of hydrogen-bond donors (Lipinski definition) is 0. The number of ether oxygens (including phenoxy) is 2. The molecule has 1 fully saturated rings. The zero-order valence-electron chi connectivity index (χ0n) is 11.1. The molecule has 2 rings (SSSR count). The highest BCUT2D eigenvalue weighted by molar-refractivity contribution is 5.89. The summed E-state index contributed by atoms with van der Waals surface area (Å²) in [5.74, 6) is -1.00. The van der Waals surface area contributed by atoms with E-state index in [1.807, 2.05) is 0 Å². The number of esters is 2. The molecule has 0 spiro atoms. The van der Waals surface area contributed by atoms with E-state index in [1.54, 1.807) is 4.68 Å². The maximum atomic E-state index is 11.6. The minimum absolute atomic E-state index is 0.0234. The van der Waals surface area contributed by atoms with Crippen molar-refractivity contribution in [3.63, 3.8) is 0 Å². The third-order valence-corrected chi connectivity index (χ3v) is 3.38. The van der Waals surface area contributed by atoms with E-state index in [0.717, 1.165) is 25.7 Å². The minimum Gasteiger partial charge on any atom is -0.469 e. The fraction of sp³-hybridized carbons (Fsp3) is 0.667. The number of carbonyl (C=O) groups excluding carboxylic acids is 2. The van der Waals surface area contributed by atoms with Crippen molar-refractivity contribution in [2.24, 2.45) is 0 Å². The normalized spacial score (nSPS) is 15.5. The molecule has 0 N–H and O–H groups in total. The topological polar surface area (TPSA) is 83.3 Å². The molecule has 7 heteroatoms. The van der Waals surface area contributed by atoms with Gasteiger partial charge in [-0.25, -0.2) is 9.48 Å². The summed E-state index contributed by atoms with van der Waals surface area (Å²) >= 11 is 0. The lowest BCUT2D eigenvalue weighted by Crippen LogP contribution is -2.17. The van der Waals surface area contributed by atoms with Gasteiger partial charge in [0.15, 0.2) is 5.69 Å². The molecule has 1 aromatic rings. The molecule has 0 atom stereocenters. The second-order valence-electron chi connectivity index (χ2n) is 4.51. The van der Waals surface area contributed by atoms with Crippen LogP contribution in [0.3, 0.4) is 0 Å². The molecule has 0 radical (unpaired) electrons. The summed E-state index contributed by atoms with van der Waals surface area (Å²) in [7, 11) is 2.59. The number of hydrogen-bond acceptors (Lipinski definition) is 6. The first-order chi connectivity index (χ1) is 9.17. The van der Waals surface area contributed by atoms with E-state index in [2.05, 4.69) is 19.8 Å². The Labute approximate surface area is 110 Å². The summed E-state index contributed by atoms with van der Waals surface area (Å²) in [5.41, 5.74) is 0.574. The van der Waals surface area contributed by atoms with Crippen LogP contribution in [-0.4, -0.2) is 41.2 Å². The minimum atomic E-state index is -0.580. The molecule has 1 saturated carbocycles. The van der Waals surface area contributed by atoms with Gasteiger partial charge >= 0.3 is 11.9 Å². The van der Waals surface area contributed by atoms with Crippen molar-refractivity contribution in [2.45, 2.75) is 38.1 Å². The van der Waals surface area contributed by atoms with Gasteiger partial charge in [0.25, 0.3) is 0 Å². The van der Waals surface area contributed by atoms with Gasteiger partial charge in [0.05, 0.1) is 32.4 Å². The van der Waals surface area contributed by atoms with Gasteiger partial charge in [-0.15, -0.1) is 5.10 Å². The quantitative estimate of drug-likeness (QED) is 0.753. The molecule has 0 saturated heterocycles. The van der Waals surface area contributed by atoms with E-state index >= 15 is 0 Å². The molecule has 0 bridgehead atoms. The molecule has 0 aromatic carbocycles. The van der Waals surface area contributed by atoms with Gasteiger partial charge < -0.3 is 9.47 Å². The van der Waals surface area contributed by atoms with Crippen LogP contribution in [0, 0.1) is 0 Å². The highest BCUT2D eigenvalue weighted by atomic mass is 16.5. The van der Waals surface area contributed by atoms with Crippen molar-refractivity contribution in [2.75, 3.05) is 14.2 Å². The monoisotopic (exact) mass is 267 g/mol. The first-order valence-corrected chi connectivity index (χ1v) is 6.26. The summed E-state index contributed by atoms with van der Waals surface area (Å²) < 4.78 is 11.0. The fourth-order valence-corrected chi connectivity index (χ4v) is 2.38. The number of aromatic nitrogens is 3. The predicted molar refractivity (Wildman–Crippen MR) is 64.6 cm³/mol. The van der Waals surface area contributed by atoms with E-state index < -0.39 is 11.9 Å². The Morgan fingerprint density at radius 3 is 2.53 bits per heavy atom.